The molecule has 0 aromatic carbocycles. The Labute approximate surface area is 155 Å². The summed E-state index contributed by atoms with van der Waals surface area (Å²) in [4.78, 5) is 15.7. The van der Waals surface area contributed by atoms with Crippen molar-refractivity contribution in [3.8, 4) is 0 Å². The molecule has 2 aliphatic rings. The van der Waals surface area contributed by atoms with E-state index in [-0.39, 0.29) is 5.92 Å². The molecule has 0 heterocycles. The highest BCUT2D eigenvalue weighted by Gasteiger charge is 2.39. The quantitative estimate of drug-likeness (QED) is 0.539. The first-order valence-corrected chi connectivity index (χ1v) is 10.6. The summed E-state index contributed by atoms with van der Waals surface area (Å²) in [5.74, 6) is 1.23. The van der Waals surface area contributed by atoms with Crippen LogP contribution in [0.2, 0.25) is 0 Å². The minimum atomic E-state index is -0.495. The van der Waals surface area contributed by atoms with Gasteiger partial charge in [-0.1, -0.05) is 64.0 Å². The zero-order chi connectivity index (χ0) is 18.3. The lowest BCUT2D eigenvalue weighted by atomic mass is 9.78. The van der Waals surface area contributed by atoms with Crippen LogP contribution in [0.25, 0.3) is 0 Å². The van der Waals surface area contributed by atoms with Crippen LogP contribution in [0.1, 0.15) is 97.8 Å². The van der Waals surface area contributed by atoms with Crippen LogP contribution in [0.3, 0.4) is 0 Å². The molecular formula is C23H39NO. The molecule has 2 aliphatic carbocycles. The largest absolute Gasteiger partial charge is 0.340 e. The molecule has 0 aromatic rings. The van der Waals surface area contributed by atoms with Crippen LogP contribution in [0.4, 0.5) is 0 Å². The average Bonchev–Trinajstić information content (AvgIpc) is 2.59. The Bertz CT molecular complexity index is 462. The van der Waals surface area contributed by atoms with Crippen molar-refractivity contribution in [2.75, 3.05) is 0 Å². The first-order valence-electron chi connectivity index (χ1n) is 10.6. The molecule has 0 aromatic heterocycles. The van der Waals surface area contributed by atoms with Gasteiger partial charge in [0, 0.05) is 11.6 Å². The number of allylic oxidation sites excluding steroid dienone is 2. The molecule has 0 atom stereocenters. The fourth-order valence-corrected chi connectivity index (χ4v) is 4.96. The minimum absolute atomic E-state index is 0.224. The summed E-state index contributed by atoms with van der Waals surface area (Å²) >= 11 is 0. The topological polar surface area (TPSA) is 20.3 Å². The van der Waals surface area contributed by atoms with Crippen LogP contribution in [-0.2, 0) is 4.79 Å². The molecule has 0 unspecified atom stereocenters. The standard InChI is InChI=1S/C23H39NO/c1-5-21(19-15-13-10-14-16-19)24(6-2)23(3,4)22(25)20-17-11-8-7-9-12-18-20/h5-6,19-20H,2,7-18H2,1,3-4H3/b21-5-. The molecule has 25 heavy (non-hydrogen) atoms. The maximum atomic E-state index is 13.5. The molecule has 0 radical (unpaired) electrons. The summed E-state index contributed by atoms with van der Waals surface area (Å²) in [6.07, 6.45) is 19.1. The van der Waals surface area contributed by atoms with E-state index in [9.17, 15) is 4.79 Å². The summed E-state index contributed by atoms with van der Waals surface area (Å²) in [5, 5.41) is 0. The third-order valence-corrected chi connectivity index (χ3v) is 6.46. The van der Waals surface area contributed by atoms with E-state index in [0.717, 1.165) is 12.8 Å². The van der Waals surface area contributed by atoms with Crippen LogP contribution in [-0.4, -0.2) is 16.2 Å². The number of carbonyl (C=O) groups is 1. The molecule has 2 rings (SSSR count). The van der Waals surface area contributed by atoms with Gasteiger partial charge in [-0.25, -0.2) is 0 Å². The normalized spacial score (nSPS) is 22.1. The monoisotopic (exact) mass is 345 g/mol. The van der Waals surface area contributed by atoms with Crippen molar-refractivity contribution in [1.82, 2.24) is 4.90 Å². The molecule has 0 amide bonds. The van der Waals surface area contributed by atoms with Crippen LogP contribution >= 0.6 is 0 Å². The van der Waals surface area contributed by atoms with Crippen LogP contribution in [0, 0.1) is 11.8 Å². The number of ketones is 1. The van der Waals surface area contributed by atoms with Crippen molar-refractivity contribution in [1.29, 1.82) is 0 Å². The van der Waals surface area contributed by atoms with Gasteiger partial charge in [0.05, 0.1) is 5.54 Å². The fraction of sp³-hybridized carbons (Fsp3) is 0.783. The van der Waals surface area contributed by atoms with Crippen LogP contribution in [0.15, 0.2) is 24.6 Å². The Kier molecular flexibility index (Phi) is 7.78. The van der Waals surface area contributed by atoms with Gasteiger partial charge in [-0.05, 0) is 58.6 Å². The van der Waals surface area contributed by atoms with Crippen molar-refractivity contribution >= 4 is 5.78 Å². The van der Waals surface area contributed by atoms with Gasteiger partial charge in [0.2, 0.25) is 0 Å². The van der Waals surface area contributed by atoms with Gasteiger partial charge >= 0.3 is 0 Å². The van der Waals surface area contributed by atoms with E-state index in [0.29, 0.717) is 11.7 Å². The third-order valence-electron chi connectivity index (χ3n) is 6.46. The van der Waals surface area contributed by atoms with Gasteiger partial charge in [-0.3, -0.25) is 4.79 Å². The lowest BCUT2D eigenvalue weighted by molar-refractivity contribution is -0.132. The molecule has 2 heteroatoms. The summed E-state index contributed by atoms with van der Waals surface area (Å²) in [7, 11) is 0. The Morgan fingerprint density at radius 2 is 1.32 bits per heavy atom. The second kappa shape index (κ2) is 9.59. The number of hydrogen-bond acceptors (Lipinski definition) is 2. The van der Waals surface area contributed by atoms with E-state index in [2.05, 4.69) is 38.3 Å². The number of nitrogens with zero attached hydrogens (tertiary/aromatic N) is 1. The van der Waals surface area contributed by atoms with E-state index in [4.69, 9.17) is 0 Å². The summed E-state index contributed by atoms with van der Waals surface area (Å²) in [6.45, 7) is 10.4. The maximum absolute atomic E-state index is 13.5. The maximum Gasteiger partial charge on any atom is 0.161 e. The highest BCUT2D eigenvalue weighted by Crippen LogP contribution is 2.37. The second-order valence-electron chi connectivity index (χ2n) is 8.57. The smallest absolute Gasteiger partial charge is 0.161 e. The molecule has 0 bridgehead atoms. The van der Waals surface area contributed by atoms with Gasteiger partial charge in [-0.2, -0.15) is 0 Å². The summed E-state index contributed by atoms with van der Waals surface area (Å²) < 4.78 is 0. The summed E-state index contributed by atoms with van der Waals surface area (Å²) in [5.41, 5.74) is 0.823. The molecule has 0 saturated heterocycles. The minimum Gasteiger partial charge on any atom is -0.340 e. The van der Waals surface area contributed by atoms with E-state index >= 15 is 0 Å². The van der Waals surface area contributed by atoms with Gasteiger partial charge in [0.1, 0.15) is 0 Å². The average molecular weight is 346 g/mol. The Balaban J connectivity index is 2.17. The van der Waals surface area contributed by atoms with Crippen molar-refractivity contribution in [3.05, 3.63) is 24.6 Å². The Morgan fingerprint density at radius 3 is 1.80 bits per heavy atom. The molecule has 0 aliphatic heterocycles. The van der Waals surface area contributed by atoms with Gasteiger partial charge in [0.25, 0.3) is 0 Å². The van der Waals surface area contributed by atoms with Gasteiger partial charge < -0.3 is 4.90 Å². The second-order valence-corrected chi connectivity index (χ2v) is 8.57. The molecule has 2 fully saturated rings. The van der Waals surface area contributed by atoms with Crippen molar-refractivity contribution in [3.63, 3.8) is 0 Å². The zero-order valence-electron chi connectivity index (χ0n) is 16.9. The number of rotatable bonds is 6. The molecule has 2 saturated carbocycles. The SMILES string of the molecule is C=CN(/C(=C\C)C1CCCCC1)C(C)(C)C(=O)C1CCCCCCC1. The van der Waals surface area contributed by atoms with Crippen molar-refractivity contribution in [2.45, 2.75) is 103 Å². The van der Waals surface area contributed by atoms with E-state index in [1.165, 1.54) is 69.9 Å². The first-order chi connectivity index (χ1) is 12.0. The molecule has 0 spiro atoms. The lowest BCUT2D eigenvalue weighted by Crippen LogP contribution is -2.50. The lowest BCUT2D eigenvalue weighted by Gasteiger charge is -2.43. The van der Waals surface area contributed by atoms with Crippen molar-refractivity contribution in [2.24, 2.45) is 11.8 Å². The van der Waals surface area contributed by atoms with Crippen LogP contribution < -0.4 is 0 Å². The molecule has 0 N–H and O–H groups in total. The first kappa shape index (κ1) is 20.3. The fourth-order valence-electron chi connectivity index (χ4n) is 4.96. The predicted octanol–water partition coefficient (Wildman–Crippen LogP) is 6.62. The molecular weight excluding hydrogens is 306 g/mol. The Morgan fingerprint density at radius 1 is 0.880 bits per heavy atom. The van der Waals surface area contributed by atoms with Crippen LogP contribution in [0.5, 0.6) is 0 Å². The highest BCUT2D eigenvalue weighted by molar-refractivity contribution is 5.90. The Hall–Kier alpha value is -1.05. The van der Waals surface area contributed by atoms with Crippen molar-refractivity contribution < 1.29 is 4.79 Å². The molecule has 142 valence electrons. The van der Waals surface area contributed by atoms with E-state index in [1.54, 1.807) is 0 Å². The highest BCUT2D eigenvalue weighted by atomic mass is 16.1. The van der Waals surface area contributed by atoms with Gasteiger partial charge in [-0.15, -0.1) is 0 Å². The summed E-state index contributed by atoms with van der Waals surface area (Å²) in [6, 6.07) is 0. The third kappa shape index (κ3) is 4.99. The zero-order valence-corrected chi connectivity index (χ0v) is 16.9. The number of Topliss-reactive ketones (excluding diaryl/α,β-unsaturated/α-hetero) is 1. The molecule has 2 nitrogen and oxygen atoms in total. The van der Waals surface area contributed by atoms with Gasteiger partial charge in [0.15, 0.2) is 5.78 Å². The number of carbonyl (C=O) groups excluding carboxylic acids is 1. The van der Waals surface area contributed by atoms with E-state index in [1.807, 2.05) is 6.20 Å². The predicted molar refractivity (Wildman–Crippen MR) is 107 cm³/mol. The van der Waals surface area contributed by atoms with E-state index < -0.39 is 5.54 Å². The number of hydrogen-bond donors (Lipinski definition) is 0.